The van der Waals surface area contributed by atoms with Crippen molar-refractivity contribution in [2.75, 3.05) is 19.8 Å². The third-order valence-corrected chi connectivity index (χ3v) is 4.32. The molecule has 5 heteroatoms. The topological polar surface area (TPSA) is 53.7 Å². The third-order valence-electron chi connectivity index (χ3n) is 4.32. The maximum absolute atomic E-state index is 13.5. The van der Waals surface area contributed by atoms with E-state index in [0.717, 1.165) is 44.5 Å². The number of ether oxygens (including phenoxy) is 3. The summed E-state index contributed by atoms with van der Waals surface area (Å²) in [7, 11) is 0. The minimum Gasteiger partial charge on any atom is -0.490 e. The minimum atomic E-state index is -0.305. The summed E-state index contributed by atoms with van der Waals surface area (Å²) in [5, 5.41) is 0. The van der Waals surface area contributed by atoms with Crippen LogP contribution in [0.1, 0.15) is 31.2 Å². The van der Waals surface area contributed by atoms with Crippen LogP contribution in [0.25, 0.3) is 0 Å². The summed E-state index contributed by atoms with van der Waals surface area (Å²) in [6.07, 6.45) is 3.54. The van der Waals surface area contributed by atoms with Crippen molar-refractivity contribution in [3.63, 3.8) is 0 Å². The van der Waals surface area contributed by atoms with Crippen molar-refractivity contribution in [2.45, 2.75) is 43.9 Å². The van der Waals surface area contributed by atoms with Crippen LogP contribution < -0.4 is 10.5 Å². The maximum Gasteiger partial charge on any atom is 0.127 e. The van der Waals surface area contributed by atoms with Crippen molar-refractivity contribution in [2.24, 2.45) is 5.73 Å². The Balaban J connectivity index is 1.68. The second-order valence-corrected chi connectivity index (χ2v) is 5.88. The van der Waals surface area contributed by atoms with Gasteiger partial charge in [-0.05, 0) is 30.5 Å². The number of nitrogens with two attached hydrogens (primary N) is 1. The number of benzene rings is 1. The molecule has 4 nitrogen and oxygen atoms in total. The van der Waals surface area contributed by atoms with Gasteiger partial charge in [0.05, 0.1) is 12.2 Å². The molecule has 1 spiro atoms. The van der Waals surface area contributed by atoms with Gasteiger partial charge < -0.3 is 19.9 Å². The van der Waals surface area contributed by atoms with E-state index < -0.39 is 0 Å². The Bertz CT molecular complexity index is 483. The zero-order valence-corrected chi connectivity index (χ0v) is 12.1. The van der Waals surface area contributed by atoms with Crippen LogP contribution >= 0.6 is 0 Å². The van der Waals surface area contributed by atoms with Gasteiger partial charge in [0.2, 0.25) is 0 Å². The molecule has 2 heterocycles. The normalized spacial score (nSPS) is 25.0. The molecule has 0 amide bonds. The fourth-order valence-corrected chi connectivity index (χ4v) is 3.17. The van der Waals surface area contributed by atoms with Gasteiger partial charge in [0.1, 0.15) is 17.7 Å². The molecule has 0 saturated carbocycles. The summed E-state index contributed by atoms with van der Waals surface area (Å²) in [6.45, 7) is 2.47. The average molecular weight is 295 g/mol. The van der Waals surface area contributed by atoms with Gasteiger partial charge in [0.25, 0.3) is 0 Å². The molecule has 2 aliphatic heterocycles. The van der Waals surface area contributed by atoms with E-state index in [-0.39, 0.29) is 17.5 Å². The van der Waals surface area contributed by atoms with E-state index in [4.69, 9.17) is 19.9 Å². The molecule has 1 aromatic carbocycles. The molecular formula is C16H22FNO3. The molecule has 0 bridgehead atoms. The van der Waals surface area contributed by atoms with Crippen molar-refractivity contribution in [1.29, 1.82) is 0 Å². The van der Waals surface area contributed by atoms with Crippen LogP contribution in [0.5, 0.6) is 5.75 Å². The molecule has 116 valence electrons. The minimum absolute atomic E-state index is 0.0595. The Morgan fingerprint density at radius 2 is 2.05 bits per heavy atom. The molecule has 1 unspecified atom stereocenters. The van der Waals surface area contributed by atoms with Gasteiger partial charge in [-0.15, -0.1) is 0 Å². The first-order valence-corrected chi connectivity index (χ1v) is 7.57. The van der Waals surface area contributed by atoms with Gasteiger partial charge in [-0.2, -0.15) is 0 Å². The lowest BCUT2D eigenvalue weighted by Crippen LogP contribution is -2.47. The number of rotatable bonds is 3. The lowest BCUT2D eigenvalue weighted by atomic mass is 9.85. The number of hydrogen-bond donors (Lipinski definition) is 1. The van der Waals surface area contributed by atoms with Crippen LogP contribution in [0.15, 0.2) is 18.2 Å². The van der Waals surface area contributed by atoms with E-state index in [1.807, 2.05) is 6.07 Å². The highest BCUT2D eigenvalue weighted by Crippen LogP contribution is 2.35. The summed E-state index contributed by atoms with van der Waals surface area (Å²) < 4.78 is 30.9. The predicted molar refractivity (Wildman–Crippen MR) is 76.7 cm³/mol. The highest BCUT2D eigenvalue weighted by atomic mass is 19.1. The first-order chi connectivity index (χ1) is 10.2. The van der Waals surface area contributed by atoms with Crippen LogP contribution in [0.4, 0.5) is 4.39 Å². The van der Waals surface area contributed by atoms with Crippen molar-refractivity contribution < 1.29 is 18.6 Å². The van der Waals surface area contributed by atoms with Crippen molar-refractivity contribution in [3.05, 3.63) is 29.6 Å². The standard InChI is InChI=1S/C16H22FNO3/c17-13-7-12(11-18)8-15(9-13)21-14-1-4-20-16(10-14)2-5-19-6-3-16/h7-9,14H,1-6,10-11,18H2. The van der Waals surface area contributed by atoms with Gasteiger partial charge >= 0.3 is 0 Å². The number of hydrogen-bond acceptors (Lipinski definition) is 4. The van der Waals surface area contributed by atoms with E-state index >= 15 is 0 Å². The summed E-state index contributed by atoms with van der Waals surface area (Å²) in [5.41, 5.74) is 6.20. The van der Waals surface area contributed by atoms with Crippen molar-refractivity contribution in [3.8, 4) is 5.75 Å². The van der Waals surface area contributed by atoms with E-state index in [1.54, 1.807) is 0 Å². The van der Waals surface area contributed by atoms with Gasteiger partial charge in [-0.1, -0.05) is 0 Å². The second kappa shape index (κ2) is 6.30. The van der Waals surface area contributed by atoms with Gasteiger partial charge in [0.15, 0.2) is 0 Å². The first-order valence-electron chi connectivity index (χ1n) is 7.57. The molecule has 3 rings (SSSR count). The Labute approximate surface area is 124 Å². The molecule has 2 saturated heterocycles. The lowest BCUT2D eigenvalue weighted by molar-refractivity contribution is -0.155. The van der Waals surface area contributed by atoms with E-state index in [2.05, 4.69) is 0 Å². The SMILES string of the molecule is NCc1cc(F)cc(OC2CCOC3(CCOCC3)C2)c1. The quantitative estimate of drug-likeness (QED) is 0.930. The van der Waals surface area contributed by atoms with Crippen LogP contribution in [0, 0.1) is 5.82 Å². The highest BCUT2D eigenvalue weighted by molar-refractivity contribution is 5.29. The maximum atomic E-state index is 13.5. The smallest absolute Gasteiger partial charge is 0.127 e. The molecule has 1 atom stereocenters. The lowest BCUT2D eigenvalue weighted by Gasteiger charge is -2.43. The third kappa shape index (κ3) is 3.54. The van der Waals surface area contributed by atoms with E-state index in [0.29, 0.717) is 18.9 Å². The highest BCUT2D eigenvalue weighted by Gasteiger charge is 2.39. The second-order valence-electron chi connectivity index (χ2n) is 5.88. The average Bonchev–Trinajstić information content (AvgIpc) is 2.47. The van der Waals surface area contributed by atoms with Gasteiger partial charge in [0, 0.05) is 38.7 Å². The van der Waals surface area contributed by atoms with Crippen molar-refractivity contribution in [1.82, 2.24) is 0 Å². The fraction of sp³-hybridized carbons (Fsp3) is 0.625. The largest absolute Gasteiger partial charge is 0.490 e. The van der Waals surface area contributed by atoms with Crippen LogP contribution in [-0.4, -0.2) is 31.5 Å². The van der Waals surface area contributed by atoms with Gasteiger partial charge in [-0.25, -0.2) is 4.39 Å². The molecule has 21 heavy (non-hydrogen) atoms. The number of halogens is 1. The fourth-order valence-electron chi connectivity index (χ4n) is 3.17. The molecule has 2 aliphatic rings. The Morgan fingerprint density at radius 1 is 1.24 bits per heavy atom. The van der Waals surface area contributed by atoms with Crippen molar-refractivity contribution >= 4 is 0 Å². The summed E-state index contributed by atoms with van der Waals surface area (Å²) in [6, 6.07) is 4.68. The van der Waals surface area contributed by atoms with Crippen LogP contribution in [-0.2, 0) is 16.0 Å². The first kappa shape index (κ1) is 14.8. The predicted octanol–water partition coefficient (Wildman–Crippen LogP) is 2.39. The van der Waals surface area contributed by atoms with Crippen LogP contribution in [0.3, 0.4) is 0 Å². The Morgan fingerprint density at radius 3 is 2.81 bits per heavy atom. The molecule has 0 aliphatic carbocycles. The zero-order valence-electron chi connectivity index (χ0n) is 12.1. The molecule has 0 aromatic heterocycles. The summed E-state index contributed by atoms with van der Waals surface area (Å²) in [5.74, 6) is 0.255. The molecule has 2 fully saturated rings. The van der Waals surface area contributed by atoms with E-state index in [9.17, 15) is 4.39 Å². The van der Waals surface area contributed by atoms with Crippen LogP contribution in [0.2, 0.25) is 0 Å². The van der Waals surface area contributed by atoms with E-state index in [1.165, 1.54) is 12.1 Å². The Hall–Kier alpha value is -1.17. The zero-order chi connectivity index (χ0) is 14.7. The Kier molecular flexibility index (Phi) is 4.42. The molecule has 0 radical (unpaired) electrons. The summed E-state index contributed by atoms with van der Waals surface area (Å²) in [4.78, 5) is 0. The van der Waals surface area contributed by atoms with Gasteiger partial charge in [-0.3, -0.25) is 0 Å². The molecule has 1 aromatic rings. The monoisotopic (exact) mass is 295 g/mol. The summed E-state index contributed by atoms with van der Waals surface area (Å²) >= 11 is 0. The molecule has 2 N–H and O–H groups in total. The molecular weight excluding hydrogens is 273 g/mol.